The van der Waals surface area contributed by atoms with Crippen LogP contribution in [0.1, 0.15) is 49.3 Å². The number of benzene rings is 1. The fraction of sp³-hybridized carbons (Fsp3) is 0.600. The fourth-order valence-electron chi connectivity index (χ4n) is 4.02. The van der Waals surface area contributed by atoms with E-state index in [0.717, 1.165) is 38.4 Å². The lowest BCUT2D eigenvalue weighted by atomic mass is 9.95. The molecule has 1 heterocycles. The molecule has 6 heteroatoms. The zero-order chi connectivity index (χ0) is 17.6. The summed E-state index contributed by atoms with van der Waals surface area (Å²) in [5.74, 6) is 1.10. The number of amides is 1. The van der Waals surface area contributed by atoms with Gasteiger partial charge in [0.05, 0.1) is 6.54 Å². The van der Waals surface area contributed by atoms with Crippen molar-refractivity contribution in [2.75, 3.05) is 19.6 Å². The number of hydrogen-bond donors (Lipinski definition) is 2. The monoisotopic (exact) mass is 470 g/mol. The van der Waals surface area contributed by atoms with E-state index in [2.05, 4.69) is 35.3 Å². The summed E-state index contributed by atoms with van der Waals surface area (Å²) in [5, 5.41) is 3.41. The molecule has 1 atom stereocenters. The van der Waals surface area contributed by atoms with Gasteiger partial charge in [-0.05, 0) is 61.6 Å². The van der Waals surface area contributed by atoms with E-state index < -0.39 is 0 Å². The third-order valence-corrected chi connectivity index (χ3v) is 5.22. The Balaban J connectivity index is 0.00000243. The number of hydrogen-bond acceptors (Lipinski definition) is 2. The molecule has 5 nitrogen and oxygen atoms in total. The van der Waals surface area contributed by atoms with E-state index in [1.807, 2.05) is 0 Å². The Hall–Kier alpha value is -1.31. The van der Waals surface area contributed by atoms with E-state index >= 15 is 0 Å². The molecule has 1 aliphatic heterocycles. The van der Waals surface area contributed by atoms with E-state index in [4.69, 9.17) is 10.7 Å². The van der Waals surface area contributed by atoms with Crippen LogP contribution in [0.25, 0.3) is 0 Å². The molecule has 0 bridgehead atoms. The molecule has 3 rings (SSSR count). The van der Waals surface area contributed by atoms with Crippen molar-refractivity contribution in [2.24, 2.45) is 16.6 Å². The first-order valence-electron chi connectivity index (χ1n) is 9.58. The average molecular weight is 470 g/mol. The van der Waals surface area contributed by atoms with Crippen LogP contribution in [0.4, 0.5) is 0 Å². The van der Waals surface area contributed by atoms with Crippen LogP contribution in [0.2, 0.25) is 0 Å². The number of guanidine groups is 1. The minimum Gasteiger partial charge on any atom is -0.370 e. The first kappa shape index (κ1) is 21.0. The smallest absolute Gasteiger partial charge is 0.217 e. The van der Waals surface area contributed by atoms with Gasteiger partial charge in [0.15, 0.2) is 5.96 Å². The van der Waals surface area contributed by atoms with Crippen molar-refractivity contribution in [3.05, 3.63) is 34.9 Å². The number of fused-ring (bicyclic) bond motifs is 1. The van der Waals surface area contributed by atoms with Gasteiger partial charge in [0, 0.05) is 26.1 Å². The van der Waals surface area contributed by atoms with Gasteiger partial charge in [0.2, 0.25) is 5.91 Å². The number of nitrogens with zero attached hydrogens (tertiary/aromatic N) is 2. The van der Waals surface area contributed by atoms with Gasteiger partial charge in [-0.2, -0.15) is 0 Å². The molecule has 1 saturated heterocycles. The van der Waals surface area contributed by atoms with Gasteiger partial charge >= 0.3 is 0 Å². The van der Waals surface area contributed by atoms with Crippen LogP contribution in [0.3, 0.4) is 0 Å². The third-order valence-electron chi connectivity index (χ3n) is 5.22. The number of halogens is 1. The van der Waals surface area contributed by atoms with Crippen molar-refractivity contribution in [1.29, 1.82) is 0 Å². The number of nitrogens with one attached hydrogen (secondary N) is 1. The van der Waals surface area contributed by atoms with E-state index in [9.17, 15) is 4.79 Å². The molecule has 3 N–H and O–H groups in total. The first-order valence-corrected chi connectivity index (χ1v) is 9.58. The van der Waals surface area contributed by atoms with Crippen molar-refractivity contribution in [3.63, 3.8) is 0 Å². The highest BCUT2D eigenvalue weighted by atomic mass is 127. The molecule has 1 amide bonds. The summed E-state index contributed by atoms with van der Waals surface area (Å²) in [6.07, 6.45) is 6.33. The summed E-state index contributed by atoms with van der Waals surface area (Å²) in [6.45, 7) is 5.49. The second-order valence-electron chi connectivity index (χ2n) is 7.25. The lowest BCUT2D eigenvalue weighted by Gasteiger charge is -2.34. The lowest BCUT2D eigenvalue weighted by molar-refractivity contribution is -0.119. The number of likely N-dealkylation sites (tertiary alicyclic amines) is 1. The molecule has 0 saturated carbocycles. The average Bonchev–Trinajstić information content (AvgIpc) is 3.06. The zero-order valence-corrected chi connectivity index (χ0v) is 18.0. The molecular weight excluding hydrogens is 439 g/mol. The second-order valence-corrected chi connectivity index (χ2v) is 7.25. The van der Waals surface area contributed by atoms with Crippen LogP contribution in [0.5, 0.6) is 0 Å². The van der Waals surface area contributed by atoms with Crippen molar-refractivity contribution in [2.45, 2.75) is 52.0 Å². The normalized spacial score (nSPS) is 19.7. The molecule has 1 aliphatic carbocycles. The predicted octanol–water partition coefficient (Wildman–Crippen LogP) is 2.85. The highest BCUT2D eigenvalue weighted by Crippen LogP contribution is 2.23. The minimum absolute atomic E-state index is 0. The van der Waals surface area contributed by atoms with E-state index in [1.54, 1.807) is 0 Å². The Kier molecular flexibility index (Phi) is 8.18. The van der Waals surface area contributed by atoms with Crippen LogP contribution in [0.15, 0.2) is 23.2 Å². The van der Waals surface area contributed by atoms with Gasteiger partial charge in [-0.1, -0.05) is 18.2 Å². The molecular formula is C20H31IN4O. The van der Waals surface area contributed by atoms with Crippen molar-refractivity contribution >= 4 is 35.8 Å². The fourth-order valence-corrected chi connectivity index (χ4v) is 4.02. The third kappa shape index (κ3) is 5.59. The number of aryl methyl sites for hydroxylation is 2. The highest BCUT2D eigenvalue weighted by Gasteiger charge is 2.23. The Bertz CT molecular complexity index is 647. The molecule has 1 fully saturated rings. The summed E-state index contributed by atoms with van der Waals surface area (Å²) in [4.78, 5) is 18.4. The molecule has 1 aromatic carbocycles. The van der Waals surface area contributed by atoms with Gasteiger partial charge in [-0.15, -0.1) is 24.0 Å². The predicted molar refractivity (Wildman–Crippen MR) is 117 cm³/mol. The number of carbonyl (C=O) groups is 1. The molecule has 0 spiro atoms. The number of aliphatic imine (C=N–C) groups is 1. The maximum absolute atomic E-state index is 11.2. The molecule has 1 aromatic rings. The summed E-state index contributed by atoms with van der Waals surface area (Å²) in [7, 11) is 0. The molecule has 26 heavy (non-hydrogen) atoms. The number of nitrogens with two attached hydrogens (primary N) is 1. The Morgan fingerprint density at radius 1 is 1.31 bits per heavy atom. The maximum Gasteiger partial charge on any atom is 0.217 e. The molecule has 0 aromatic heterocycles. The molecule has 0 radical (unpaired) electrons. The van der Waals surface area contributed by atoms with Gasteiger partial charge in [-0.25, -0.2) is 4.99 Å². The second kappa shape index (κ2) is 10.1. The van der Waals surface area contributed by atoms with E-state index in [0.29, 0.717) is 18.9 Å². The summed E-state index contributed by atoms with van der Waals surface area (Å²) >= 11 is 0. The van der Waals surface area contributed by atoms with E-state index in [-0.39, 0.29) is 29.9 Å². The lowest BCUT2D eigenvalue weighted by Crippen LogP contribution is -2.47. The first-order chi connectivity index (χ1) is 12.2. The highest BCUT2D eigenvalue weighted by molar-refractivity contribution is 14.0. The SMILES string of the molecule is CCNC(=NCc1ccc2c(c1)CCC2)N1CCCC(CC(N)=O)C1.I. The molecule has 144 valence electrons. The van der Waals surface area contributed by atoms with Crippen LogP contribution in [-0.2, 0) is 24.2 Å². The van der Waals surface area contributed by atoms with Crippen LogP contribution < -0.4 is 11.1 Å². The van der Waals surface area contributed by atoms with Crippen LogP contribution >= 0.6 is 24.0 Å². The van der Waals surface area contributed by atoms with Crippen LogP contribution in [0, 0.1) is 5.92 Å². The Morgan fingerprint density at radius 2 is 2.12 bits per heavy atom. The van der Waals surface area contributed by atoms with Gasteiger partial charge in [0.25, 0.3) is 0 Å². The number of carbonyl (C=O) groups excluding carboxylic acids is 1. The molecule has 2 aliphatic rings. The zero-order valence-electron chi connectivity index (χ0n) is 15.7. The Labute approximate surface area is 173 Å². The van der Waals surface area contributed by atoms with Crippen LogP contribution in [-0.4, -0.2) is 36.4 Å². The largest absolute Gasteiger partial charge is 0.370 e. The van der Waals surface area contributed by atoms with E-state index in [1.165, 1.54) is 36.0 Å². The van der Waals surface area contributed by atoms with Crippen molar-refractivity contribution < 1.29 is 4.79 Å². The number of primary amides is 1. The summed E-state index contributed by atoms with van der Waals surface area (Å²) < 4.78 is 0. The van der Waals surface area contributed by atoms with Crippen molar-refractivity contribution in [1.82, 2.24) is 10.2 Å². The molecule has 1 unspecified atom stereocenters. The topological polar surface area (TPSA) is 70.7 Å². The summed E-state index contributed by atoms with van der Waals surface area (Å²) in [6, 6.07) is 6.80. The minimum atomic E-state index is -0.202. The number of rotatable bonds is 5. The van der Waals surface area contributed by atoms with Gasteiger partial charge in [0.1, 0.15) is 0 Å². The summed E-state index contributed by atoms with van der Waals surface area (Å²) in [5.41, 5.74) is 9.66. The maximum atomic E-state index is 11.2. The quantitative estimate of drug-likeness (QED) is 0.395. The van der Waals surface area contributed by atoms with Gasteiger partial charge < -0.3 is 16.0 Å². The van der Waals surface area contributed by atoms with Crippen molar-refractivity contribution in [3.8, 4) is 0 Å². The number of piperidine rings is 1. The van der Waals surface area contributed by atoms with Gasteiger partial charge in [-0.3, -0.25) is 4.79 Å². The Morgan fingerprint density at radius 3 is 2.88 bits per heavy atom. The standard InChI is InChI=1S/C20H30N4O.HI/c1-2-22-20(24-10-4-5-16(14-24)12-19(21)25)23-13-15-8-9-17-6-3-7-18(17)11-15;/h8-9,11,16H,2-7,10,12-14H2,1H3,(H2,21,25)(H,22,23);1H.